The summed E-state index contributed by atoms with van der Waals surface area (Å²) in [5, 5.41) is 0.995. The summed E-state index contributed by atoms with van der Waals surface area (Å²) in [6.07, 6.45) is 3.55. The van der Waals surface area contributed by atoms with Gasteiger partial charge in [-0.1, -0.05) is 17.8 Å². The van der Waals surface area contributed by atoms with Crippen LogP contribution in [0.2, 0.25) is 0 Å². The SMILES string of the molecule is CC1=CCC(C(C)(CCl)Sc2cc(C)cc(C)n2)CC1=O. The van der Waals surface area contributed by atoms with Crippen molar-refractivity contribution in [1.82, 2.24) is 4.98 Å². The molecule has 1 aromatic rings. The van der Waals surface area contributed by atoms with Crippen LogP contribution >= 0.6 is 23.4 Å². The second-order valence-electron chi connectivity index (χ2n) is 6.12. The van der Waals surface area contributed by atoms with Crippen molar-refractivity contribution in [2.24, 2.45) is 5.92 Å². The Morgan fingerprint density at radius 1 is 1.38 bits per heavy atom. The fourth-order valence-corrected chi connectivity index (χ4v) is 4.38. The van der Waals surface area contributed by atoms with Gasteiger partial charge in [0.05, 0.1) is 5.03 Å². The summed E-state index contributed by atoms with van der Waals surface area (Å²) in [6, 6.07) is 4.16. The highest BCUT2D eigenvalue weighted by atomic mass is 35.5. The van der Waals surface area contributed by atoms with Gasteiger partial charge in [0.2, 0.25) is 0 Å². The molecule has 0 radical (unpaired) electrons. The van der Waals surface area contributed by atoms with E-state index in [0.29, 0.717) is 12.3 Å². The number of hydrogen-bond donors (Lipinski definition) is 0. The number of alkyl halides is 1. The number of rotatable bonds is 4. The molecule has 2 rings (SSSR count). The monoisotopic (exact) mass is 323 g/mol. The van der Waals surface area contributed by atoms with Crippen LogP contribution in [-0.2, 0) is 4.79 Å². The van der Waals surface area contributed by atoms with E-state index in [-0.39, 0.29) is 16.4 Å². The van der Waals surface area contributed by atoms with Crippen LogP contribution in [0.3, 0.4) is 0 Å². The molecule has 0 bridgehead atoms. The summed E-state index contributed by atoms with van der Waals surface area (Å²) < 4.78 is -0.179. The molecule has 1 aliphatic rings. The molecule has 0 aromatic carbocycles. The zero-order chi connectivity index (χ0) is 15.6. The highest BCUT2D eigenvalue weighted by Crippen LogP contribution is 2.44. The summed E-state index contributed by atoms with van der Waals surface area (Å²) in [6.45, 7) is 8.13. The van der Waals surface area contributed by atoms with Crippen molar-refractivity contribution >= 4 is 29.1 Å². The molecule has 2 nitrogen and oxygen atoms in total. The number of Topliss-reactive ketones (excluding diaryl/α,β-unsaturated/α-hetero) is 1. The Morgan fingerprint density at radius 2 is 2.10 bits per heavy atom. The molecule has 1 aliphatic carbocycles. The lowest BCUT2D eigenvalue weighted by Crippen LogP contribution is -2.36. The van der Waals surface area contributed by atoms with E-state index in [1.54, 1.807) is 11.8 Å². The van der Waals surface area contributed by atoms with Gasteiger partial charge in [0.15, 0.2) is 5.78 Å². The van der Waals surface area contributed by atoms with E-state index in [2.05, 4.69) is 37.0 Å². The average Bonchev–Trinajstić information content (AvgIpc) is 2.40. The number of hydrogen-bond acceptors (Lipinski definition) is 3. The molecule has 21 heavy (non-hydrogen) atoms. The molecule has 0 amide bonds. The van der Waals surface area contributed by atoms with Crippen LogP contribution in [0, 0.1) is 19.8 Å². The summed E-state index contributed by atoms with van der Waals surface area (Å²) >= 11 is 7.98. The first-order valence-corrected chi connectivity index (χ1v) is 8.59. The number of pyridine rings is 1. The second kappa shape index (κ2) is 6.53. The normalized spacial score (nSPS) is 21.9. The molecule has 0 spiro atoms. The zero-order valence-electron chi connectivity index (χ0n) is 13.1. The molecule has 1 heterocycles. The van der Waals surface area contributed by atoms with E-state index in [9.17, 15) is 4.79 Å². The van der Waals surface area contributed by atoms with Crippen LogP contribution in [0.5, 0.6) is 0 Å². The van der Waals surface area contributed by atoms with Crippen LogP contribution in [0.4, 0.5) is 0 Å². The molecule has 2 atom stereocenters. The minimum Gasteiger partial charge on any atom is -0.295 e. The molecule has 114 valence electrons. The van der Waals surface area contributed by atoms with Gasteiger partial charge in [0.25, 0.3) is 0 Å². The van der Waals surface area contributed by atoms with Gasteiger partial charge in [-0.2, -0.15) is 0 Å². The summed E-state index contributed by atoms with van der Waals surface area (Å²) in [4.78, 5) is 16.6. The van der Waals surface area contributed by atoms with E-state index in [4.69, 9.17) is 11.6 Å². The summed E-state index contributed by atoms with van der Waals surface area (Å²) in [5.41, 5.74) is 3.11. The number of halogens is 1. The molecule has 0 aliphatic heterocycles. The molecule has 1 aromatic heterocycles. The zero-order valence-corrected chi connectivity index (χ0v) is 14.6. The third-order valence-corrected chi connectivity index (χ3v) is 6.20. The molecule has 4 heteroatoms. The Kier molecular flexibility index (Phi) is 5.15. The molecular weight excluding hydrogens is 302 g/mol. The fraction of sp³-hybridized carbons (Fsp3) is 0.529. The lowest BCUT2D eigenvalue weighted by molar-refractivity contribution is -0.117. The van der Waals surface area contributed by atoms with Gasteiger partial charge < -0.3 is 0 Å². The van der Waals surface area contributed by atoms with Gasteiger partial charge >= 0.3 is 0 Å². The van der Waals surface area contributed by atoms with Gasteiger partial charge in [-0.3, -0.25) is 4.79 Å². The smallest absolute Gasteiger partial charge is 0.158 e. The number of aromatic nitrogens is 1. The minimum absolute atomic E-state index is 0.179. The molecule has 2 unspecified atom stereocenters. The largest absolute Gasteiger partial charge is 0.295 e. The quantitative estimate of drug-likeness (QED) is 0.593. The highest BCUT2D eigenvalue weighted by molar-refractivity contribution is 8.00. The van der Waals surface area contributed by atoms with E-state index in [1.807, 2.05) is 13.8 Å². The molecule has 0 saturated carbocycles. The molecular formula is C17H22ClNOS. The van der Waals surface area contributed by atoms with Crippen LogP contribution in [0.25, 0.3) is 0 Å². The number of carbonyl (C=O) groups is 1. The van der Waals surface area contributed by atoms with Gasteiger partial charge in [-0.05, 0) is 63.3 Å². The molecule has 0 N–H and O–H groups in total. The standard InChI is InChI=1S/C17H22ClNOS/c1-11-7-13(3)19-16(8-11)21-17(4,10-18)14-6-5-12(2)15(20)9-14/h5,7-8,14H,6,9-10H2,1-4H3. The summed E-state index contributed by atoms with van der Waals surface area (Å²) in [5.74, 6) is 1.02. The van der Waals surface area contributed by atoms with Crippen LogP contribution < -0.4 is 0 Å². The highest BCUT2D eigenvalue weighted by Gasteiger charge is 2.37. The maximum absolute atomic E-state index is 12.0. The van der Waals surface area contributed by atoms with Crippen molar-refractivity contribution in [2.45, 2.75) is 50.3 Å². The van der Waals surface area contributed by atoms with Gasteiger partial charge in [0.1, 0.15) is 0 Å². The number of thioether (sulfide) groups is 1. The number of carbonyl (C=O) groups excluding carboxylic acids is 1. The van der Waals surface area contributed by atoms with Crippen LogP contribution in [-0.4, -0.2) is 21.4 Å². The summed E-state index contributed by atoms with van der Waals surface area (Å²) in [7, 11) is 0. The first-order chi connectivity index (χ1) is 9.84. The Balaban J connectivity index is 2.23. The number of nitrogens with zero attached hydrogens (tertiary/aromatic N) is 1. The van der Waals surface area contributed by atoms with Crippen molar-refractivity contribution in [2.75, 3.05) is 5.88 Å². The topological polar surface area (TPSA) is 30.0 Å². The number of allylic oxidation sites excluding steroid dienone is 2. The fourth-order valence-electron chi connectivity index (χ4n) is 2.68. The second-order valence-corrected chi connectivity index (χ2v) is 7.94. The third kappa shape index (κ3) is 3.89. The van der Waals surface area contributed by atoms with Crippen molar-refractivity contribution in [1.29, 1.82) is 0 Å². The van der Waals surface area contributed by atoms with Crippen LogP contribution in [0.15, 0.2) is 28.8 Å². The first-order valence-electron chi connectivity index (χ1n) is 7.24. The van der Waals surface area contributed by atoms with Gasteiger partial charge in [0, 0.05) is 22.7 Å². The minimum atomic E-state index is -0.179. The van der Waals surface area contributed by atoms with E-state index in [1.165, 1.54) is 5.56 Å². The Hall–Kier alpha value is -0.800. The molecule has 0 saturated heterocycles. The Morgan fingerprint density at radius 3 is 2.67 bits per heavy atom. The van der Waals surface area contributed by atoms with Crippen molar-refractivity contribution in [3.63, 3.8) is 0 Å². The number of ketones is 1. The van der Waals surface area contributed by atoms with Gasteiger partial charge in [-0.25, -0.2) is 4.98 Å². The number of aryl methyl sites for hydroxylation is 2. The van der Waals surface area contributed by atoms with Crippen molar-refractivity contribution < 1.29 is 4.79 Å². The lowest BCUT2D eigenvalue weighted by Gasteiger charge is -2.36. The van der Waals surface area contributed by atoms with E-state index in [0.717, 1.165) is 22.7 Å². The first kappa shape index (κ1) is 16.6. The average molecular weight is 324 g/mol. The van der Waals surface area contributed by atoms with Gasteiger partial charge in [-0.15, -0.1) is 11.6 Å². The van der Waals surface area contributed by atoms with Crippen molar-refractivity contribution in [3.8, 4) is 0 Å². The Labute approximate surface area is 136 Å². The third-order valence-electron chi connectivity index (χ3n) is 4.12. The predicted octanol–water partition coefficient (Wildman–Crippen LogP) is 4.71. The maximum Gasteiger partial charge on any atom is 0.158 e. The predicted molar refractivity (Wildman–Crippen MR) is 90.2 cm³/mol. The van der Waals surface area contributed by atoms with Crippen LogP contribution in [0.1, 0.15) is 37.9 Å². The lowest BCUT2D eigenvalue weighted by atomic mass is 9.81. The van der Waals surface area contributed by atoms with E-state index < -0.39 is 0 Å². The maximum atomic E-state index is 12.0. The van der Waals surface area contributed by atoms with Crippen molar-refractivity contribution in [3.05, 3.63) is 35.0 Å². The Bertz CT molecular complexity index is 564. The van der Waals surface area contributed by atoms with E-state index >= 15 is 0 Å². The molecule has 0 fully saturated rings.